The zero-order valence-electron chi connectivity index (χ0n) is 18.5. The number of benzene rings is 2. The van der Waals surface area contributed by atoms with E-state index in [2.05, 4.69) is 48.4 Å². The Hall–Kier alpha value is -3.00. The van der Waals surface area contributed by atoms with Gasteiger partial charge in [0.2, 0.25) is 11.1 Å². The summed E-state index contributed by atoms with van der Waals surface area (Å²) >= 11 is 1.25. The Bertz CT molecular complexity index is 1040. The van der Waals surface area contributed by atoms with E-state index in [-0.39, 0.29) is 11.3 Å². The number of rotatable bonds is 7. The monoisotopic (exact) mass is 439 g/mol. The molecule has 164 valence electrons. The molecular weight excluding hydrogens is 410 g/mol. The molecule has 0 bridgehead atoms. The lowest BCUT2D eigenvalue weighted by atomic mass is 9.87. The van der Waals surface area contributed by atoms with Gasteiger partial charge in [-0.05, 0) is 37.0 Å². The van der Waals surface area contributed by atoms with Gasteiger partial charge in [-0.3, -0.25) is 4.79 Å². The normalized spacial score (nSPS) is 12.4. The fourth-order valence-corrected chi connectivity index (χ4v) is 3.74. The van der Waals surface area contributed by atoms with Crippen LogP contribution < -0.4 is 15.9 Å². The number of hydrogen-bond acceptors (Lipinski definition) is 6. The van der Waals surface area contributed by atoms with Gasteiger partial charge in [-0.1, -0.05) is 68.9 Å². The average Bonchev–Trinajstić information content (AvgIpc) is 3.09. The second-order valence-electron chi connectivity index (χ2n) is 8.18. The minimum Gasteiger partial charge on any atom is -0.492 e. The topological polar surface area (TPSA) is 95.1 Å². The molecule has 0 spiro atoms. The van der Waals surface area contributed by atoms with Crippen LogP contribution in [0.4, 0.5) is 5.69 Å². The molecule has 0 aliphatic carbocycles. The molecule has 1 atom stereocenters. The highest BCUT2D eigenvalue weighted by Gasteiger charge is 2.21. The summed E-state index contributed by atoms with van der Waals surface area (Å²) < 4.78 is 6.99. The number of nitrogens with one attached hydrogen (secondary N) is 1. The first-order valence-corrected chi connectivity index (χ1v) is 11.1. The van der Waals surface area contributed by atoms with Crippen molar-refractivity contribution in [2.24, 2.45) is 0 Å². The number of nitrogen functional groups attached to an aromatic ring is 1. The fourth-order valence-electron chi connectivity index (χ4n) is 2.97. The Labute approximate surface area is 187 Å². The number of hydrogen-bond donors (Lipinski definition) is 2. The minimum atomic E-state index is -0.433. The number of nitrogens with two attached hydrogens (primary N) is 1. The van der Waals surface area contributed by atoms with Gasteiger partial charge in [-0.15, -0.1) is 10.2 Å². The fraction of sp³-hybridized carbons (Fsp3) is 0.348. The molecule has 3 rings (SSSR count). The predicted molar refractivity (Wildman–Crippen MR) is 126 cm³/mol. The second-order valence-corrected chi connectivity index (χ2v) is 9.49. The molecule has 0 radical (unpaired) electrons. The van der Waals surface area contributed by atoms with Crippen LogP contribution in [-0.4, -0.2) is 32.6 Å². The molecule has 0 aliphatic heterocycles. The first-order chi connectivity index (χ1) is 14.7. The lowest BCUT2D eigenvalue weighted by molar-refractivity contribution is -0.115. The van der Waals surface area contributed by atoms with Gasteiger partial charge in [0.25, 0.3) is 0 Å². The maximum absolute atomic E-state index is 12.7. The van der Waals surface area contributed by atoms with Crippen LogP contribution in [0.15, 0.2) is 53.7 Å². The number of ether oxygens (including phenoxy) is 1. The number of carbonyl (C=O) groups excluding carboxylic acids is 1. The summed E-state index contributed by atoms with van der Waals surface area (Å²) in [6.07, 6.45) is 0. The predicted octanol–water partition coefficient (Wildman–Crippen LogP) is 4.47. The van der Waals surface area contributed by atoms with E-state index < -0.39 is 5.25 Å². The Kier molecular flexibility index (Phi) is 6.90. The largest absolute Gasteiger partial charge is 0.492 e. The number of para-hydroxylation sites is 2. The molecule has 2 aromatic carbocycles. The molecule has 0 fully saturated rings. The van der Waals surface area contributed by atoms with E-state index in [1.165, 1.54) is 22.0 Å². The van der Waals surface area contributed by atoms with Crippen molar-refractivity contribution in [3.8, 4) is 17.1 Å². The quantitative estimate of drug-likeness (QED) is 0.416. The van der Waals surface area contributed by atoms with Crippen molar-refractivity contribution in [2.45, 2.75) is 50.4 Å². The maximum atomic E-state index is 12.7. The lowest BCUT2D eigenvalue weighted by Crippen LogP contribution is -2.24. The van der Waals surface area contributed by atoms with Crippen LogP contribution in [0.1, 0.15) is 40.2 Å². The van der Waals surface area contributed by atoms with Crippen LogP contribution >= 0.6 is 11.8 Å². The summed E-state index contributed by atoms with van der Waals surface area (Å²) in [5.74, 6) is 7.26. The van der Waals surface area contributed by atoms with E-state index in [1.54, 1.807) is 6.92 Å². The van der Waals surface area contributed by atoms with Crippen LogP contribution in [0.3, 0.4) is 0 Å². The maximum Gasteiger partial charge on any atom is 0.237 e. The van der Waals surface area contributed by atoms with Crippen molar-refractivity contribution in [3.63, 3.8) is 0 Å². The van der Waals surface area contributed by atoms with Gasteiger partial charge in [0.15, 0.2) is 5.82 Å². The third kappa shape index (κ3) is 5.38. The molecule has 7 nitrogen and oxygen atoms in total. The van der Waals surface area contributed by atoms with Crippen LogP contribution in [0.2, 0.25) is 0 Å². The number of anilines is 1. The second kappa shape index (κ2) is 9.43. The third-order valence-electron chi connectivity index (χ3n) is 4.77. The SMILES string of the molecule is CCOc1ccccc1NC(=O)C(C)Sc1nnc(-c2ccc(C(C)(C)C)cc2)n1N. The average molecular weight is 440 g/mol. The van der Waals surface area contributed by atoms with E-state index in [0.717, 1.165) is 5.56 Å². The molecule has 1 aromatic heterocycles. The van der Waals surface area contributed by atoms with E-state index in [0.29, 0.717) is 29.0 Å². The van der Waals surface area contributed by atoms with Crippen molar-refractivity contribution >= 4 is 23.4 Å². The Morgan fingerprint density at radius 1 is 1.16 bits per heavy atom. The molecule has 0 aliphatic rings. The van der Waals surface area contributed by atoms with Crippen molar-refractivity contribution in [3.05, 3.63) is 54.1 Å². The molecule has 1 heterocycles. The zero-order valence-corrected chi connectivity index (χ0v) is 19.4. The third-order valence-corrected chi connectivity index (χ3v) is 5.83. The van der Waals surface area contributed by atoms with E-state index in [9.17, 15) is 4.79 Å². The molecule has 1 unspecified atom stereocenters. The molecule has 3 aromatic rings. The highest BCUT2D eigenvalue weighted by atomic mass is 32.2. The van der Waals surface area contributed by atoms with Crippen molar-refractivity contribution < 1.29 is 9.53 Å². The molecule has 1 amide bonds. The molecule has 0 saturated carbocycles. The molecular formula is C23H29N5O2S. The Balaban J connectivity index is 1.71. The number of nitrogens with zero attached hydrogens (tertiary/aromatic N) is 3. The first kappa shape index (κ1) is 22.7. The minimum absolute atomic E-state index is 0.0690. The summed E-state index contributed by atoms with van der Waals surface area (Å²) in [6.45, 7) is 10.7. The molecule has 31 heavy (non-hydrogen) atoms. The Morgan fingerprint density at radius 3 is 2.48 bits per heavy atom. The molecule has 3 N–H and O–H groups in total. The van der Waals surface area contributed by atoms with Crippen LogP contribution in [0, 0.1) is 0 Å². The van der Waals surface area contributed by atoms with Gasteiger partial charge in [-0.25, -0.2) is 4.68 Å². The standard InChI is InChI=1S/C23H29N5O2S/c1-6-30-19-10-8-7-9-18(19)25-21(29)15(2)31-22-27-26-20(28(22)24)16-11-13-17(14-12-16)23(3,4)5/h7-15H,6,24H2,1-5H3,(H,25,29). The van der Waals surface area contributed by atoms with Gasteiger partial charge < -0.3 is 15.9 Å². The van der Waals surface area contributed by atoms with Gasteiger partial charge in [0.1, 0.15) is 5.75 Å². The highest BCUT2D eigenvalue weighted by molar-refractivity contribution is 8.00. The summed E-state index contributed by atoms with van der Waals surface area (Å²) in [5.41, 5.74) is 2.80. The zero-order chi connectivity index (χ0) is 22.6. The van der Waals surface area contributed by atoms with E-state index in [1.807, 2.05) is 43.3 Å². The number of thioether (sulfide) groups is 1. The summed E-state index contributed by atoms with van der Waals surface area (Å²) in [4.78, 5) is 12.7. The number of aromatic nitrogens is 3. The van der Waals surface area contributed by atoms with Crippen LogP contribution in [0.5, 0.6) is 5.75 Å². The van der Waals surface area contributed by atoms with Crippen molar-refractivity contribution in [1.82, 2.24) is 14.9 Å². The van der Waals surface area contributed by atoms with Crippen LogP contribution in [-0.2, 0) is 10.2 Å². The van der Waals surface area contributed by atoms with Crippen molar-refractivity contribution in [1.29, 1.82) is 0 Å². The lowest BCUT2D eigenvalue weighted by Gasteiger charge is -2.19. The van der Waals surface area contributed by atoms with Gasteiger partial charge in [0, 0.05) is 5.56 Å². The smallest absolute Gasteiger partial charge is 0.237 e. The molecule has 8 heteroatoms. The number of carbonyl (C=O) groups is 1. The van der Waals surface area contributed by atoms with Gasteiger partial charge in [-0.2, -0.15) is 0 Å². The molecule has 0 saturated heterocycles. The summed E-state index contributed by atoms with van der Waals surface area (Å²) in [5, 5.41) is 11.4. The number of amides is 1. The Morgan fingerprint density at radius 2 is 1.84 bits per heavy atom. The van der Waals surface area contributed by atoms with Crippen LogP contribution in [0.25, 0.3) is 11.4 Å². The van der Waals surface area contributed by atoms with E-state index >= 15 is 0 Å². The van der Waals surface area contributed by atoms with Crippen molar-refractivity contribution in [2.75, 3.05) is 17.8 Å². The van der Waals surface area contributed by atoms with E-state index in [4.69, 9.17) is 10.6 Å². The summed E-state index contributed by atoms with van der Waals surface area (Å²) in [7, 11) is 0. The van der Waals surface area contributed by atoms with Gasteiger partial charge in [0.05, 0.1) is 17.5 Å². The first-order valence-electron chi connectivity index (χ1n) is 10.2. The highest BCUT2D eigenvalue weighted by Crippen LogP contribution is 2.29. The van der Waals surface area contributed by atoms with Gasteiger partial charge >= 0.3 is 0 Å². The summed E-state index contributed by atoms with van der Waals surface area (Å²) in [6, 6.07) is 15.5.